The summed E-state index contributed by atoms with van der Waals surface area (Å²) in [5.74, 6) is 0. The molecule has 7 heteroatoms. The zero-order valence-corrected chi connectivity index (χ0v) is 12.0. The summed E-state index contributed by atoms with van der Waals surface area (Å²) in [5, 5.41) is 1.01. The number of aromatic nitrogens is 1. The van der Waals surface area contributed by atoms with Crippen LogP contribution >= 0.6 is 23.5 Å². The van der Waals surface area contributed by atoms with E-state index in [0.29, 0.717) is 10.9 Å². The van der Waals surface area contributed by atoms with Crippen molar-refractivity contribution >= 4 is 34.5 Å². The van der Waals surface area contributed by atoms with Gasteiger partial charge < -0.3 is 4.98 Å². The highest BCUT2D eigenvalue weighted by molar-refractivity contribution is 7.97. The third-order valence-electron chi connectivity index (χ3n) is 3.31. The topological polar surface area (TPSA) is 19.0 Å². The molecule has 3 rings (SSSR count). The summed E-state index contributed by atoms with van der Waals surface area (Å²) in [7, 11) is 0. The van der Waals surface area contributed by atoms with Gasteiger partial charge in [-0.2, -0.15) is 13.2 Å². The van der Waals surface area contributed by atoms with Gasteiger partial charge in [0.25, 0.3) is 0 Å². The fourth-order valence-electron chi connectivity index (χ4n) is 2.33. The Balaban J connectivity index is 1.96. The molecule has 0 unspecified atom stereocenters. The van der Waals surface area contributed by atoms with E-state index in [1.165, 1.54) is 18.0 Å². The highest BCUT2D eigenvalue weighted by Crippen LogP contribution is 2.40. The van der Waals surface area contributed by atoms with Crippen molar-refractivity contribution in [2.45, 2.75) is 24.0 Å². The highest BCUT2D eigenvalue weighted by Gasteiger charge is 2.34. The Labute approximate surface area is 123 Å². The average Bonchev–Trinajstić information content (AvgIpc) is 2.97. The summed E-state index contributed by atoms with van der Waals surface area (Å²) >= 11 is 7.43. The first-order chi connectivity index (χ1) is 9.45. The van der Waals surface area contributed by atoms with Crippen LogP contribution in [0, 0.1) is 0 Å². The Morgan fingerprint density at radius 1 is 1.20 bits per heavy atom. The van der Waals surface area contributed by atoms with Crippen LogP contribution in [0.1, 0.15) is 18.4 Å². The molecule has 2 heterocycles. The van der Waals surface area contributed by atoms with Gasteiger partial charge in [0.1, 0.15) is 0 Å². The molecule has 1 saturated heterocycles. The first kappa shape index (κ1) is 14.1. The van der Waals surface area contributed by atoms with Crippen LogP contribution in [0.25, 0.3) is 10.9 Å². The number of aromatic amines is 1. The quantitative estimate of drug-likeness (QED) is 0.790. The van der Waals surface area contributed by atoms with E-state index in [-0.39, 0.29) is 5.02 Å². The van der Waals surface area contributed by atoms with Gasteiger partial charge in [0, 0.05) is 24.0 Å². The van der Waals surface area contributed by atoms with Gasteiger partial charge in [0.05, 0.1) is 15.6 Å². The number of H-pyrrole nitrogens is 1. The summed E-state index contributed by atoms with van der Waals surface area (Å²) in [5.41, 5.74) is -0.159. The van der Waals surface area contributed by atoms with Crippen molar-refractivity contribution < 1.29 is 13.2 Å². The van der Waals surface area contributed by atoms with Crippen molar-refractivity contribution in [3.63, 3.8) is 0 Å². The highest BCUT2D eigenvalue weighted by atomic mass is 35.5. The van der Waals surface area contributed by atoms with Crippen molar-refractivity contribution in [3.8, 4) is 0 Å². The molecule has 2 aromatic rings. The lowest BCUT2D eigenvalue weighted by molar-refractivity contribution is -0.137. The third kappa shape index (κ3) is 2.64. The largest absolute Gasteiger partial charge is 0.417 e. The van der Waals surface area contributed by atoms with Gasteiger partial charge in [-0.1, -0.05) is 11.6 Å². The second-order valence-electron chi connectivity index (χ2n) is 4.75. The molecule has 1 aliphatic heterocycles. The van der Waals surface area contributed by atoms with Crippen molar-refractivity contribution in [1.82, 2.24) is 9.29 Å². The van der Waals surface area contributed by atoms with Gasteiger partial charge >= 0.3 is 6.18 Å². The zero-order valence-electron chi connectivity index (χ0n) is 10.4. The molecule has 20 heavy (non-hydrogen) atoms. The van der Waals surface area contributed by atoms with Gasteiger partial charge in [0.15, 0.2) is 0 Å². The molecule has 1 aromatic heterocycles. The van der Waals surface area contributed by atoms with Gasteiger partial charge in [-0.15, -0.1) is 0 Å². The third-order valence-corrected chi connectivity index (χ3v) is 4.76. The molecule has 0 atom stereocenters. The fourth-order valence-corrected chi connectivity index (χ4v) is 3.70. The number of rotatable bonds is 2. The number of fused-ring (bicyclic) bond motifs is 1. The van der Waals surface area contributed by atoms with Crippen LogP contribution in [0.4, 0.5) is 13.2 Å². The summed E-state index contributed by atoms with van der Waals surface area (Å²) in [4.78, 5) is 3.11. The molecule has 1 aliphatic rings. The normalized spacial score (nSPS) is 17.2. The first-order valence-corrected chi connectivity index (χ1v) is 7.41. The van der Waals surface area contributed by atoms with Crippen molar-refractivity contribution in [3.05, 3.63) is 28.8 Å². The smallest absolute Gasteiger partial charge is 0.349 e. The maximum atomic E-state index is 12.8. The van der Waals surface area contributed by atoms with E-state index in [1.807, 2.05) is 0 Å². The number of hydrogen-bond acceptors (Lipinski definition) is 2. The molecule has 0 spiro atoms. The molecule has 2 nitrogen and oxygen atoms in total. The van der Waals surface area contributed by atoms with Gasteiger partial charge in [-0.25, -0.2) is 4.31 Å². The van der Waals surface area contributed by atoms with Crippen molar-refractivity contribution in [2.24, 2.45) is 0 Å². The molecule has 0 amide bonds. The molecular weight excluding hydrogens is 309 g/mol. The molecule has 1 N–H and O–H groups in total. The fraction of sp³-hybridized carbons (Fsp3) is 0.385. The monoisotopic (exact) mass is 320 g/mol. The lowest BCUT2D eigenvalue weighted by Crippen LogP contribution is -2.08. The summed E-state index contributed by atoms with van der Waals surface area (Å²) in [6.45, 7) is 2.00. The SMILES string of the molecule is FC(F)(F)c1ccc2[nH]c(SN3CCCC3)cc2c1Cl. The summed E-state index contributed by atoms with van der Waals surface area (Å²) < 4.78 is 40.6. The zero-order chi connectivity index (χ0) is 14.3. The van der Waals surface area contributed by atoms with E-state index in [1.54, 1.807) is 6.07 Å². The second-order valence-corrected chi connectivity index (χ2v) is 6.26. The lowest BCUT2D eigenvalue weighted by Gasteiger charge is -2.10. The number of benzene rings is 1. The molecule has 0 saturated carbocycles. The van der Waals surface area contributed by atoms with Crippen LogP contribution in [-0.2, 0) is 6.18 Å². The molecule has 1 aromatic carbocycles. The first-order valence-electron chi connectivity index (χ1n) is 6.26. The van der Waals surface area contributed by atoms with Crippen LogP contribution in [0.3, 0.4) is 0 Å². The van der Waals surface area contributed by atoms with Crippen LogP contribution in [-0.4, -0.2) is 22.4 Å². The molecular formula is C13H12ClF3N2S. The molecule has 0 bridgehead atoms. The summed E-state index contributed by atoms with van der Waals surface area (Å²) in [6.07, 6.45) is -2.11. The van der Waals surface area contributed by atoms with Gasteiger partial charge in [-0.05, 0) is 43.0 Å². The number of nitrogens with zero attached hydrogens (tertiary/aromatic N) is 1. The number of alkyl halides is 3. The van der Waals surface area contributed by atoms with E-state index in [9.17, 15) is 13.2 Å². The molecule has 0 radical (unpaired) electrons. The van der Waals surface area contributed by atoms with Crippen LogP contribution in [0.15, 0.2) is 23.2 Å². The van der Waals surface area contributed by atoms with Crippen LogP contribution in [0.2, 0.25) is 5.02 Å². The van der Waals surface area contributed by atoms with E-state index in [0.717, 1.165) is 37.0 Å². The van der Waals surface area contributed by atoms with Gasteiger partial charge in [0.2, 0.25) is 0 Å². The number of nitrogens with one attached hydrogen (secondary N) is 1. The molecule has 0 aliphatic carbocycles. The van der Waals surface area contributed by atoms with Crippen molar-refractivity contribution in [2.75, 3.05) is 13.1 Å². The maximum Gasteiger partial charge on any atom is 0.417 e. The number of hydrogen-bond donors (Lipinski definition) is 1. The van der Waals surface area contributed by atoms with E-state index in [2.05, 4.69) is 9.29 Å². The molecule has 1 fully saturated rings. The lowest BCUT2D eigenvalue weighted by atomic mass is 10.1. The Morgan fingerprint density at radius 2 is 1.90 bits per heavy atom. The van der Waals surface area contributed by atoms with Gasteiger partial charge in [-0.3, -0.25) is 0 Å². The molecule has 108 valence electrons. The minimum absolute atomic E-state index is 0.237. The van der Waals surface area contributed by atoms with E-state index in [4.69, 9.17) is 11.6 Å². The Bertz CT molecular complexity index is 632. The summed E-state index contributed by atoms with van der Waals surface area (Å²) in [6, 6.07) is 4.14. The average molecular weight is 321 g/mol. The minimum atomic E-state index is -4.43. The second kappa shape index (κ2) is 5.16. The van der Waals surface area contributed by atoms with E-state index < -0.39 is 11.7 Å². The Hall–Kier alpha value is -0.850. The predicted molar refractivity (Wildman–Crippen MR) is 75.0 cm³/mol. The van der Waals surface area contributed by atoms with Crippen molar-refractivity contribution in [1.29, 1.82) is 0 Å². The number of halogens is 4. The van der Waals surface area contributed by atoms with Crippen LogP contribution < -0.4 is 0 Å². The minimum Gasteiger partial charge on any atom is -0.349 e. The Kier molecular flexibility index (Phi) is 3.64. The Morgan fingerprint density at radius 3 is 2.55 bits per heavy atom. The standard InChI is InChI=1S/C13H12ClF3N2S/c14-12-8-7-11(20-19-5-1-2-6-19)18-10(8)4-3-9(12)13(15,16)17/h3-4,7,18H,1-2,5-6H2. The van der Waals surface area contributed by atoms with E-state index >= 15 is 0 Å². The predicted octanol–water partition coefficient (Wildman–Crippen LogP) is 4.94. The maximum absolute atomic E-state index is 12.8. The van der Waals surface area contributed by atoms with Crippen LogP contribution in [0.5, 0.6) is 0 Å².